The maximum absolute atomic E-state index is 13.8. The molecule has 192 valence electrons. The Morgan fingerprint density at radius 3 is 2.78 bits per heavy atom. The Bertz CT molecular complexity index is 1360. The maximum atomic E-state index is 13.8. The lowest BCUT2D eigenvalue weighted by Crippen LogP contribution is -2.55. The fourth-order valence-electron chi connectivity index (χ4n) is 4.52. The number of halogens is 1. The number of rotatable bonds is 8. The van der Waals surface area contributed by atoms with Crippen molar-refractivity contribution in [1.82, 2.24) is 19.9 Å². The SMILES string of the molecule is C=CC(=O)N1CCN(c2nc(/C=C/c3cc(OC)c(F)cn3)nc3ccc(OC4CC4)cc23)C[C@@H]1CC. The van der Waals surface area contributed by atoms with E-state index in [1.807, 2.05) is 23.1 Å². The molecule has 1 aliphatic carbocycles. The number of carbonyl (C=O) groups excluding carboxylic acids is 1. The average molecular weight is 504 g/mol. The van der Waals surface area contributed by atoms with Gasteiger partial charge in [0, 0.05) is 37.1 Å². The Morgan fingerprint density at radius 1 is 1.22 bits per heavy atom. The molecule has 8 nitrogen and oxygen atoms in total. The molecule has 1 saturated heterocycles. The van der Waals surface area contributed by atoms with Gasteiger partial charge >= 0.3 is 0 Å². The molecular formula is C28H30FN5O3. The second kappa shape index (κ2) is 10.5. The van der Waals surface area contributed by atoms with E-state index in [0.717, 1.165) is 47.9 Å². The molecule has 0 radical (unpaired) electrons. The van der Waals surface area contributed by atoms with Gasteiger partial charge in [-0.05, 0) is 55.7 Å². The summed E-state index contributed by atoms with van der Waals surface area (Å²) >= 11 is 0. The van der Waals surface area contributed by atoms with E-state index in [1.165, 1.54) is 19.3 Å². The minimum absolute atomic E-state index is 0.0463. The smallest absolute Gasteiger partial charge is 0.246 e. The third kappa shape index (κ3) is 5.40. The monoisotopic (exact) mass is 503 g/mol. The van der Waals surface area contributed by atoms with Crippen LogP contribution in [0.25, 0.3) is 23.1 Å². The molecule has 0 unspecified atom stereocenters. The molecule has 0 bridgehead atoms. The Kier molecular flexibility index (Phi) is 7.03. The van der Waals surface area contributed by atoms with E-state index in [-0.39, 0.29) is 23.8 Å². The van der Waals surface area contributed by atoms with Crippen LogP contribution in [0.1, 0.15) is 37.7 Å². The van der Waals surface area contributed by atoms with E-state index in [9.17, 15) is 9.18 Å². The number of methoxy groups -OCH3 is 1. The topological polar surface area (TPSA) is 80.7 Å². The van der Waals surface area contributed by atoms with Crippen LogP contribution in [0.15, 0.2) is 43.1 Å². The van der Waals surface area contributed by atoms with Crippen molar-refractivity contribution < 1.29 is 18.7 Å². The highest BCUT2D eigenvalue weighted by Gasteiger charge is 2.30. The molecule has 1 saturated carbocycles. The lowest BCUT2D eigenvalue weighted by molar-refractivity contribution is -0.128. The van der Waals surface area contributed by atoms with E-state index < -0.39 is 5.82 Å². The van der Waals surface area contributed by atoms with Crippen LogP contribution < -0.4 is 14.4 Å². The van der Waals surface area contributed by atoms with Crippen molar-refractivity contribution in [3.8, 4) is 11.5 Å². The van der Waals surface area contributed by atoms with Gasteiger partial charge in [0.05, 0.1) is 30.6 Å². The standard InChI is InChI=1S/C28H30FN5O3/c1-4-19-17-33(12-13-34(19)27(35)5-2)28-22-15-21(37-20-7-8-20)9-10-24(22)31-26(32-28)11-6-18-14-25(36-3)23(29)16-30-18/h5-6,9-11,14-16,19-20H,2,4,7-8,12-13,17H2,1,3H3/b11-6+/t19-/m0/s1. The molecule has 2 aromatic heterocycles. The largest absolute Gasteiger partial charge is 0.494 e. The van der Waals surface area contributed by atoms with E-state index in [0.29, 0.717) is 31.2 Å². The molecular weight excluding hydrogens is 473 g/mol. The van der Waals surface area contributed by atoms with Gasteiger partial charge in [0.15, 0.2) is 17.4 Å². The number of pyridine rings is 1. The lowest BCUT2D eigenvalue weighted by atomic mass is 10.1. The van der Waals surface area contributed by atoms with Crippen molar-refractivity contribution in [2.24, 2.45) is 0 Å². The van der Waals surface area contributed by atoms with E-state index in [4.69, 9.17) is 19.4 Å². The first-order valence-corrected chi connectivity index (χ1v) is 12.5. The summed E-state index contributed by atoms with van der Waals surface area (Å²) in [5, 5.41) is 0.898. The number of nitrogens with zero attached hydrogens (tertiary/aromatic N) is 5. The normalized spacial score (nSPS) is 17.9. The van der Waals surface area contributed by atoms with Crippen LogP contribution in [-0.2, 0) is 4.79 Å². The van der Waals surface area contributed by atoms with Gasteiger partial charge in [0.2, 0.25) is 5.91 Å². The Balaban J connectivity index is 1.51. The number of anilines is 1. The number of benzene rings is 1. The fraction of sp³-hybridized carbons (Fsp3) is 0.357. The van der Waals surface area contributed by atoms with Crippen LogP contribution >= 0.6 is 0 Å². The van der Waals surface area contributed by atoms with Crippen molar-refractivity contribution in [2.75, 3.05) is 31.6 Å². The molecule has 0 N–H and O–H groups in total. The van der Waals surface area contributed by atoms with Gasteiger partial charge in [-0.15, -0.1) is 0 Å². The van der Waals surface area contributed by atoms with Crippen LogP contribution in [0.5, 0.6) is 11.5 Å². The van der Waals surface area contributed by atoms with E-state index in [2.05, 4.69) is 23.4 Å². The number of hydrogen-bond acceptors (Lipinski definition) is 7. The highest BCUT2D eigenvalue weighted by Crippen LogP contribution is 2.33. The van der Waals surface area contributed by atoms with Crippen LogP contribution in [0.4, 0.5) is 10.2 Å². The van der Waals surface area contributed by atoms with Gasteiger partial charge in [-0.1, -0.05) is 13.5 Å². The summed E-state index contributed by atoms with van der Waals surface area (Å²) in [6.07, 6.45) is 9.24. The fourth-order valence-corrected chi connectivity index (χ4v) is 4.52. The highest BCUT2D eigenvalue weighted by molar-refractivity contribution is 5.92. The molecule has 1 aliphatic heterocycles. The third-order valence-corrected chi connectivity index (χ3v) is 6.67. The summed E-state index contributed by atoms with van der Waals surface area (Å²) in [7, 11) is 1.41. The van der Waals surface area contributed by atoms with Gasteiger partial charge in [0.1, 0.15) is 11.6 Å². The van der Waals surface area contributed by atoms with Gasteiger partial charge < -0.3 is 19.3 Å². The quantitative estimate of drug-likeness (QED) is 0.419. The van der Waals surface area contributed by atoms with Gasteiger partial charge in [-0.25, -0.2) is 14.4 Å². The Hall–Kier alpha value is -4.01. The van der Waals surface area contributed by atoms with Crippen molar-refractivity contribution in [2.45, 2.75) is 38.3 Å². The number of aromatic nitrogens is 3. The summed E-state index contributed by atoms with van der Waals surface area (Å²) in [4.78, 5) is 30.2. The maximum Gasteiger partial charge on any atom is 0.246 e. The summed E-state index contributed by atoms with van der Waals surface area (Å²) in [5.41, 5.74) is 1.31. The summed E-state index contributed by atoms with van der Waals surface area (Å²) < 4.78 is 24.9. The molecule has 0 spiro atoms. The molecule has 3 aromatic rings. The predicted octanol–water partition coefficient (Wildman–Crippen LogP) is 4.50. The van der Waals surface area contributed by atoms with Crippen molar-refractivity contribution >= 4 is 34.8 Å². The second-order valence-electron chi connectivity index (χ2n) is 9.22. The molecule has 9 heteroatoms. The minimum Gasteiger partial charge on any atom is -0.494 e. The first-order valence-electron chi connectivity index (χ1n) is 12.5. The van der Waals surface area contributed by atoms with Crippen LogP contribution in [0.2, 0.25) is 0 Å². The average Bonchev–Trinajstić information content (AvgIpc) is 3.75. The lowest BCUT2D eigenvalue weighted by Gasteiger charge is -2.41. The molecule has 1 aromatic carbocycles. The minimum atomic E-state index is -0.521. The van der Waals surface area contributed by atoms with Crippen LogP contribution in [0, 0.1) is 5.82 Å². The van der Waals surface area contributed by atoms with Crippen LogP contribution in [0.3, 0.4) is 0 Å². The molecule has 37 heavy (non-hydrogen) atoms. The molecule has 3 heterocycles. The van der Waals surface area contributed by atoms with Crippen molar-refractivity contribution in [3.63, 3.8) is 0 Å². The number of fused-ring (bicyclic) bond motifs is 1. The molecule has 2 aliphatic rings. The summed E-state index contributed by atoms with van der Waals surface area (Å²) in [5.74, 6) is 1.65. The first kappa shape index (κ1) is 24.7. The zero-order chi connectivity index (χ0) is 25.9. The predicted molar refractivity (Wildman–Crippen MR) is 141 cm³/mol. The van der Waals surface area contributed by atoms with Gasteiger partial charge in [-0.2, -0.15) is 0 Å². The molecule has 1 amide bonds. The zero-order valence-corrected chi connectivity index (χ0v) is 21.1. The molecule has 1 atom stereocenters. The zero-order valence-electron chi connectivity index (χ0n) is 21.1. The summed E-state index contributed by atoms with van der Waals surface area (Å²) in [6, 6.07) is 7.46. The number of piperazine rings is 1. The van der Waals surface area contributed by atoms with E-state index >= 15 is 0 Å². The second-order valence-corrected chi connectivity index (χ2v) is 9.22. The van der Waals surface area contributed by atoms with Crippen LogP contribution in [-0.4, -0.2) is 64.6 Å². The molecule has 2 fully saturated rings. The van der Waals surface area contributed by atoms with Gasteiger partial charge in [0.25, 0.3) is 0 Å². The Morgan fingerprint density at radius 2 is 2.05 bits per heavy atom. The van der Waals surface area contributed by atoms with E-state index in [1.54, 1.807) is 12.2 Å². The van der Waals surface area contributed by atoms with Gasteiger partial charge in [-0.3, -0.25) is 9.78 Å². The Labute approximate surface area is 215 Å². The number of amides is 1. The third-order valence-electron chi connectivity index (χ3n) is 6.67. The highest BCUT2D eigenvalue weighted by atomic mass is 19.1. The summed E-state index contributed by atoms with van der Waals surface area (Å²) in [6.45, 7) is 7.60. The van der Waals surface area contributed by atoms with Crippen molar-refractivity contribution in [1.29, 1.82) is 0 Å². The first-order chi connectivity index (χ1) is 18.0. The van der Waals surface area contributed by atoms with Crippen molar-refractivity contribution in [3.05, 3.63) is 60.5 Å². The number of hydrogen-bond donors (Lipinski definition) is 0. The number of ether oxygens (including phenoxy) is 2. The molecule has 5 rings (SSSR count). The number of carbonyl (C=O) groups is 1.